The molecule has 3 heterocycles. The van der Waals surface area contributed by atoms with E-state index >= 15 is 0 Å². The minimum atomic E-state index is 0.410. The summed E-state index contributed by atoms with van der Waals surface area (Å²) in [4.78, 5) is 14.1. The number of benzene rings is 1. The van der Waals surface area contributed by atoms with Crippen molar-refractivity contribution in [3.63, 3.8) is 0 Å². The summed E-state index contributed by atoms with van der Waals surface area (Å²) in [6.07, 6.45) is 2.39. The van der Waals surface area contributed by atoms with Crippen molar-refractivity contribution in [1.29, 1.82) is 0 Å². The first kappa shape index (κ1) is 16.5. The van der Waals surface area contributed by atoms with Gasteiger partial charge in [0.15, 0.2) is 5.82 Å². The molecule has 1 aliphatic rings. The van der Waals surface area contributed by atoms with Crippen molar-refractivity contribution >= 4 is 27.4 Å². The number of fused-ring (bicyclic) bond motifs is 1. The van der Waals surface area contributed by atoms with Gasteiger partial charge in [0.05, 0.1) is 16.3 Å². The molecular formula is C20H24N4S. The van der Waals surface area contributed by atoms with Crippen molar-refractivity contribution in [2.45, 2.75) is 32.4 Å². The van der Waals surface area contributed by atoms with Gasteiger partial charge in [-0.15, -0.1) is 11.3 Å². The smallest absolute Gasteiger partial charge is 0.150 e. The van der Waals surface area contributed by atoms with Gasteiger partial charge in [0.25, 0.3) is 0 Å². The van der Waals surface area contributed by atoms with E-state index in [4.69, 9.17) is 4.98 Å². The number of hydrogen-bond donors (Lipinski definition) is 0. The van der Waals surface area contributed by atoms with E-state index in [1.165, 1.54) is 28.7 Å². The van der Waals surface area contributed by atoms with Crippen molar-refractivity contribution < 1.29 is 0 Å². The number of aryl methyl sites for hydroxylation is 1. The minimum absolute atomic E-state index is 0.410. The van der Waals surface area contributed by atoms with Crippen molar-refractivity contribution in [3.05, 3.63) is 52.7 Å². The Balaban J connectivity index is 1.67. The van der Waals surface area contributed by atoms with E-state index in [0.29, 0.717) is 6.04 Å². The maximum atomic E-state index is 4.81. The predicted octanol–water partition coefficient (Wildman–Crippen LogP) is 4.40. The fraction of sp³-hybridized carbons (Fsp3) is 0.400. The summed E-state index contributed by atoms with van der Waals surface area (Å²) in [5.74, 6) is 1.96. The normalized spacial score (nSPS) is 17.8. The van der Waals surface area contributed by atoms with Gasteiger partial charge < -0.3 is 9.80 Å². The van der Waals surface area contributed by atoms with E-state index in [9.17, 15) is 0 Å². The van der Waals surface area contributed by atoms with Crippen molar-refractivity contribution in [1.82, 2.24) is 14.9 Å². The summed E-state index contributed by atoms with van der Waals surface area (Å²) in [6, 6.07) is 11.6. The third kappa shape index (κ3) is 3.26. The van der Waals surface area contributed by atoms with Gasteiger partial charge in [-0.2, -0.15) is 0 Å². The molecule has 1 aromatic carbocycles. The lowest BCUT2D eigenvalue weighted by atomic mass is 10.0. The second-order valence-corrected chi connectivity index (χ2v) is 7.98. The molecule has 3 aromatic rings. The van der Waals surface area contributed by atoms with Crippen LogP contribution in [0.15, 0.2) is 35.7 Å². The summed E-state index contributed by atoms with van der Waals surface area (Å²) in [5.41, 5.74) is 3.82. The first-order valence-corrected chi connectivity index (χ1v) is 9.72. The molecule has 25 heavy (non-hydrogen) atoms. The van der Waals surface area contributed by atoms with E-state index in [2.05, 4.69) is 64.6 Å². The minimum Gasteiger partial charge on any atom is -0.348 e. The van der Waals surface area contributed by atoms with Crippen LogP contribution in [0.25, 0.3) is 10.2 Å². The van der Waals surface area contributed by atoms with Crippen LogP contribution in [0, 0.1) is 6.92 Å². The van der Waals surface area contributed by atoms with Crippen molar-refractivity contribution in [3.8, 4) is 0 Å². The molecule has 0 spiro atoms. The molecule has 0 aliphatic carbocycles. The fourth-order valence-electron chi connectivity index (χ4n) is 3.73. The molecule has 1 atom stereocenters. The van der Waals surface area contributed by atoms with Crippen LogP contribution in [0.1, 0.15) is 35.8 Å². The van der Waals surface area contributed by atoms with Crippen LogP contribution in [0.2, 0.25) is 0 Å². The topological polar surface area (TPSA) is 32.3 Å². The van der Waals surface area contributed by atoms with Gasteiger partial charge in [-0.05, 0) is 56.4 Å². The van der Waals surface area contributed by atoms with Crippen LogP contribution in [-0.4, -0.2) is 35.5 Å². The molecule has 2 aromatic heterocycles. The first-order chi connectivity index (χ1) is 12.1. The molecule has 1 saturated heterocycles. The van der Waals surface area contributed by atoms with Crippen LogP contribution < -0.4 is 4.90 Å². The SMILES string of the molecule is Cc1nc(N2CCCC2c2ccc(CN(C)C)cc2)c2sccc2n1. The lowest BCUT2D eigenvalue weighted by Crippen LogP contribution is -2.24. The summed E-state index contributed by atoms with van der Waals surface area (Å²) in [6.45, 7) is 4.03. The van der Waals surface area contributed by atoms with Crippen LogP contribution in [0.5, 0.6) is 0 Å². The monoisotopic (exact) mass is 352 g/mol. The van der Waals surface area contributed by atoms with Crippen molar-refractivity contribution in [2.24, 2.45) is 0 Å². The third-order valence-electron chi connectivity index (χ3n) is 4.79. The fourth-order valence-corrected chi connectivity index (χ4v) is 4.57. The Hall–Kier alpha value is -1.98. The number of anilines is 1. The number of rotatable bonds is 4. The summed E-state index contributed by atoms with van der Waals surface area (Å²) >= 11 is 1.74. The highest BCUT2D eigenvalue weighted by Crippen LogP contribution is 2.39. The number of thiophene rings is 1. The lowest BCUT2D eigenvalue weighted by molar-refractivity contribution is 0.402. The van der Waals surface area contributed by atoms with Gasteiger partial charge in [0.1, 0.15) is 5.82 Å². The Morgan fingerprint density at radius 1 is 1.16 bits per heavy atom. The van der Waals surface area contributed by atoms with Crippen LogP contribution in [-0.2, 0) is 6.54 Å². The number of aromatic nitrogens is 2. The number of hydrogen-bond acceptors (Lipinski definition) is 5. The molecule has 0 N–H and O–H groups in total. The van der Waals surface area contributed by atoms with Gasteiger partial charge in [-0.1, -0.05) is 24.3 Å². The molecule has 0 amide bonds. The Kier molecular flexibility index (Phi) is 4.44. The quantitative estimate of drug-likeness (QED) is 0.696. The van der Waals surface area contributed by atoms with Crippen molar-refractivity contribution in [2.75, 3.05) is 25.5 Å². The van der Waals surface area contributed by atoms with E-state index < -0.39 is 0 Å². The molecule has 0 saturated carbocycles. The van der Waals surface area contributed by atoms with Gasteiger partial charge in [0, 0.05) is 13.1 Å². The first-order valence-electron chi connectivity index (χ1n) is 8.84. The van der Waals surface area contributed by atoms with Crippen LogP contribution in [0.4, 0.5) is 5.82 Å². The Morgan fingerprint density at radius 3 is 2.72 bits per heavy atom. The van der Waals surface area contributed by atoms with Gasteiger partial charge in [-0.25, -0.2) is 9.97 Å². The molecule has 0 radical (unpaired) electrons. The highest BCUT2D eigenvalue weighted by molar-refractivity contribution is 7.17. The second kappa shape index (κ2) is 6.73. The second-order valence-electron chi connectivity index (χ2n) is 7.06. The zero-order valence-electron chi connectivity index (χ0n) is 15.1. The maximum Gasteiger partial charge on any atom is 0.150 e. The van der Waals surface area contributed by atoms with E-state index in [1.54, 1.807) is 11.3 Å². The predicted molar refractivity (Wildman–Crippen MR) is 105 cm³/mol. The Bertz CT molecular complexity index is 869. The zero-order valence-corrected chi connectivity index (χ0v) is 15.9. The van der Waals surface area contributed by atoms with Gasteiger partial charge in [0.2, 0.25) is 0 Å². The molecule has 1 fully saturated rings. The lowest BCUT2D eigenvalue weighted by Gasteiger charge is -2.27. The van der Waals surface area contributed by atoms with E-state index in [-0.39, 0.29) is 0 Å². The average Bonchev–Trinajstić information content (AvgIpc) is 3.23. The molecule has 130 valence electrons. The molecule has 5 heteroatoms. The summed E-state index contributed by atoms with van der Waals surface area (Å²) in [7, 11) is 4.21. The summed E-state index contributed by atoms with van der Waals surface area (Å²) in [5, 5.41) is 2.11. The molecule has 4 nitrogen and oxygen atoms in total. The molecule has 1 aliphatic heterocycles. The highest BCUT2D eigenvalue weighted by Gasteiger charge is 2.29. The zero-order chi connectivity index (χ0) is 17.4. The standard InChI is InChI=1S/C20H24N4S/c1-14-21-17-10-12-25-19(17)20(22-14)24-11-4-5-18(24)16-8-6-15(7-9-16)13-23(2)3/h6-10,12,18H,4-5,11,13H2,1-3H3. The van der Waals surface area contributed by atoms with E-state index in [1.807, 2.05) is 6.92 Å². The van der Waals surface area contributed by atoms with Gasteiger partial charge >= 0.3 is 0 Å². The van der Waals surface area contributed by atoms with Gasteiger partial charge in [-0.3, -0.25) is 0 Å². The van der Waals surface area contributed by atoms with E-state index in [0.717, 1.165) is 30.2 Å². The van der Waals surface area contributed by atoms with Crippen LogP contribution >= 0.6 is 11.3 Å². The average molecular weight is 353 g/mol. The molecule has 0 bridgehead atoms. The molecular weight excluding hydrogens is 328 g/mol. The highest BCUT2D eigenvalue weighted by atomic mass is 32.1. The third-order valence-corrected chi connectivity index (χ3v) is 5.69. The Labute approximate surface area is 153 Å². The Morgan fingerprint density at radius 2 is 1.96 bits per heavy atom. The maximum absolute atomic E-state index is 4.81. The summed E-state index contributed by atoms with van der Waals surface area (Å²) < 4.78 is 1.21. The number of nitrogens with zero attached hydrogens (tertiary/aromatic N) is 4. The van der Waals surface area contributed by atoms with Crippen LogP contribution in [0.3, 0.4) is 0 Å². The largest absolute Gasteiger partial charge is 0.348 e. The molecule has 4 rings (SSSR count). The molecule has 1 unspecified atom stereocenters.